The van der Waals surface area contributed by atoms with Gasteiger partial charge in [-0.05, 0) is 49.7 Å². The molecule has 0 bridgehead atoms. The van der Waals surface area contributed by atoms with E-state index in [1.165, 1.54) is 0 Å². The van der Waals surface area contributed by atoms with Crippen molar-refractivity contribution in [3.63, 3.8) is 0 Å². The topological polar surface area (TPSA) is 67.3 Å². The Balaban J connectivity index is 0.00000231. The molecule has 1 fully saturated rings. The van der Waals surface area contributed by atoms with Crippen LogP contribution in [0.5, 0.6) is 5.75 Å². The summed E-state index contributed by atoms with van der Waals surface area (Å²) < 4.78 is 8.65. The highest BCUT2D eigenvalue weighted by molar-refractivity contribution is 6.30. The van der Waals surface area contributed by atoms with Crippen LogP contribution in [0.1, 0.15) is 41.6 Å². The van der Waals surface area contributed by atoms with Gasteiger partial charge >= 0.3 is 0 Å². The summed E-state index contributed by atoms with van der Waals surface area (Å²) in [7, 11) is 0. The van der Waals surface area contributed by atoms with Gasteiger partial charge in [-0.15, -0.1) is 0 Å². The molecule has 0 saturated carbocycles. The van der Waals surface area contributed by atoms with Crippen molar-refractivity contribution in [1.29, 1.82) is 0 Å². The first-order valence-electron chi connectivity index (χ1n) is 10.0. The van der Waals surface area contributed by atoms with Gasteiger partial charge in [0.1, 0.15) is 11.3 Å². The number of aromatic amines is 1. The van der Waals surface area contributed by atoms with Crippen molar-refractivity contribution >= 4 is 17.5 Å². The van der Waals surface area contributed by atoms with Crippen LogP contribution in [0, 0.1) is 13.8 Å². The highest BCUT2D eigenvalue weighted by Gasteiger charge is 2.45. The predicted molar refractivity (Wildman–Crippen MR) is 117 cm³/mol. The standard InChI is InChI=1S/C23H22ClN3O3.H2/c1-14-12-15(2)25-21(28)20(14)22(29)26-10-7-23(8-11-26)19-4-3-9-27(19)17-6-5-16(24)13-18(17)30-23;/h3-6,9,12-13H,7-8,10-11H2,1-2H3,(H,25,28);1H. The summed E-state index contributed by atoms with van der Waals surface area (Å²) in [6, 6.07) is 11.6. The molecule has 5 rings (SSSR count). The van der Waals surface area contributed by atoms with Crippen LogP contribution in [-0.4, -0.2) is 33.4 Å². The van der Waals surface area contributed by atoms with Crippen LogP contribution in [0.3, 0.4) is 0 Å². The van der Waals surface area contributed by atoms with E-state index in [4.69, 9.17) is 16.3 Å². The Morgan fingerprint density at radius 2 is 1.97 bits per heavy atom. The third-order valence-corrected chi connectivity index (χ3v) is 6.37. The monoisotopic (exact) mass is 425 g/mol. The maximum atomic E-state index is 13.1. The molecule has 7 heteroatoms. The van der Waals surface area contributed by atoms with Gasteiger partial charge < -0.3 is 19.2 Å². The van der Waals surface area contributed by atoms with E-state index < -0.39 is 5.60 Å². The average Bonchev–Trinajstić information content (AvgIpc) is 3.18. The molecule has 0 unspecified atom stereocenters. The number of piperidine rings is 1. The molecular weight excluding hydrogens is 402 g/mol. The Labute approximate surface area is 180 Å². The average molecular weight is 426 g/mol. The van der Waals surface area contributed by atoms with Crippen molar-refractivity contribution < 1.29 is 11.0 Å². The van der Waals surface area contributed by atoms with Gasteiger partial charge in [-0.2, -0.15) is 0 Å². The fraction of sp³-hybridized carbons (Fsp3) is 0.304. The second-order valence-electron chi connectivity index (χ2n) is 8.10. The van der Waals surface area contributed by atoms with E-state index in [2.05, 4.69) is 15.6 Å². The van der Waals surface area contributed by atoms with Gasteiger partial charge in [0.05, 0.1) is 11.4 Å². The smallest absolute Gasteiger partial charge is 0.261 e. The van der Waals surface area contributed by atoms with Crippen molar-refractivity contribution in [1.82, 2.24) is 14.5 Å². The van der Waals surface area contributed by atoms with Crippen LogP contribution in [0.25, 0.3) is 5.69 Å². The molecule has 156 valence electrons. The van der Waals surface area contributed by atoms with Crippen LogP contribution >= 0.6 is 11.6 Å². The molecule has 30 heavy (non-hydrogen) atoms. The zero-order valence-electron chi connectivity index (χ0n) is 16.9. The Bertz CT molecular complexity index is 1230. The highest BCUT2D eigenvalue weighted by atomic mass is 35.5. The number of pyridine rings is 1. The largest absolute Gasteiger partial charge is 0.479 e. The Morgan fingerprint density at radius 3 is 2.70 bits per heavy atom. The zero-order valence-corrected chi connectivity index (χ0v) is 17.6. The number of likely N-dealkylation sites (tertiary alicyclic amines) is 1. The van der Waals surface area contributed by atoms with Crippen LogP contribution in [0.2, 0.25) is 5.02 Å². The van der Waals surface area contributed by atoms with Gasteiger partial charge in [0.25, 0.3) is 11.5 Å². The Morgan fingerprint density at radius 1 is 1.20 bits per heavy atom. The number of H-pyrrole nitrogens is 1. The van der Waals surface area contributed by atoms with E-state index in [0.717, 1.165) is 22.8 Å². The maximum absolute atomic E-state index is 13.1. The minimum atomic E-state index is -0.521. The molecule has 2 aliphatic rings. The van der Waals surface area contributed by atoms with Crippen molar-refractivity contribution in [3.05, 3.63) is 80.5 Å². The molecule has 1 spiro atoms. The van der Waals surface area contributed by atoms with Gasteiger partial charge in [0.15, 0.2) is 5.60 Å². The highest BCUT2D eigenvalue weighted by Crippen LogP contribution is 2.45. The second kappa shape index (κ2) is 6.77. The number of rotatable bonds is 1. The minimum absolute atomic E-state index is 0. The lowest BCUT2D eigenvalue weighted by Gasteiger charge is -2.45. The van der Waals surface area contributed by atoms with Crippen LogP contribution in [-0.2, 0) is 5.60 Å². The number of aryl methyl sites for hydroxylation is 2. The van der Waals surface area contributed by atoms with Gasteiger partial charge in [0.2, 0.25) is 0 Å². The van der Waals surface area contributed by atoms with Crippen LogP contribution in [0.15, 0.2) is 47.4 Å². The van der Waals surface area contributed by atoms with E-state index in [-0.39, 0.29) is 18.5 Å². The third kappa shape index (κ3) is 2.86. The fourth-order valence-electron chi connectivity index (χ4n) is 4.70. The third-order valence-electron chi connectivity index (χ3n) is 6.14. The van der Waals surface area contributed by atoms with Gasteiger partial charge in [-0.25, -0.2) is 0 Å². The molecule has 2 aliphatic heterocycles. The number of nitrogens with zero attached hydrogens (tertiary/aromatic N) is 2. The van der Waals surface area contributed by atoms with Crippen molar-refractivity contribution in [2.45, 2.75) is 32.3 Å². The SMILES string of the molecule is Cc1cc(C)c(C(=O)N2CCC3(CC2)Oc2cc(Cl)ccc2-n2cccc23)c(=O)[nH]1.[HH]. The van der Waals surface area contributed by atoms with Crippen LogP contribution in [0.4, 0.5) is 0 Å². The lowest BCUT2D eigenvalue weighted by molar-refractivity contribution is -0.00935. The Hall–Kier alpha value is -2.99. The molecule has 2 aromatic heterocycles. The molecule has 1 saturated heterocycles. The minimum Gasteiger partial charge on any atom is -0.479 e. The summed E-state index contributed by atoms with van der Waals surface area (Å²) in [5.74, 6) is 0.523. The number of hydrogen-bond donors (Lipinski definition) is 1. The zero-order chi connectivity index (χ0) is 21.0. The summed E-state index contributed by atoms with van der Waals surface area (Å²) in [6.07, 6.45) is 3.30. The maximum Gasteiger partial charge on any atom is 0.261 e. The van der Waals surface area contributed by atoms with Crippen molar-refractivity contribution in [2.75, 3.05) is 13.1 Å². The molecule has 0 aliphatic carbocycles. The number of halogens is 1. The van der Waals surface area contributed by atoms with Gasteiger partial charge in [-0.1, -0.05) is 11.6 Å². The number of nitrogens with one attached hydrogen (secondary N) is 1. The lowest BCUT2D eigenvalue weighted by atomic mass is 9.86. The van der Waals surface area contributed by atoms with E-state index in [1.807, 2.05) is 43.5 Å². The number of benzene rings is 1. The first-order chi connectivity index (χ1) is 14.4. The summed E-state index contributed by atoms with van der Waals surface area (Å²) in [4.78, 5) is 30.0. The number of carbonyl (C=O) groups is 1. The van der Waals surface area contributed by atoms with Crippen molar-refractivity contribution in [2.24, 2.45) is 0 Å². The first kappa shape index (κ1) is 19.0. The predicted octanol–water partition coefficient (Wildman–Crippen LogP) is 4.21. The molecule has 0 radical (unpaired) electrons. The summed E-state index contributed by atoms with van der Waals surface area (Å²) in [5, 5.41) is 0.626. The summed E-state index contributed by atoms with van der Waals surface area (Å²) in [6.45, 7) is 4.63. The normalized spacial score (nSPS) is 16.7. The van der Waals surface area contributed by atoms with E-state index in [1.54, 1.807) is 11.8 Å². The number of ether oxygens (including phenoxy) is 1. The molecule has 0 atom stereocenters. The second-order valence-corrected chi connectivity index (χ2v) is 8.54. The Kier molecular flexibility index (Phi) is 4.29. The number of amides is 1. The van der Waals surface area contributed by atoms with E-state index in [0.29, 0.717) is 36.5 Å². The van der Waals surface area contributed by atoms with Crippen molar-refractivity contribution in [3.8, 4) is 11.4 Å². The van der Waals surface area contributed by atoms with E-state index >= 15 is 0 Å². The molecule has 3 aromatic rings. The quantitative estimate of drug-likeness (QED) is 0.635. The molecular formula is C23H24ClN3O3. The van der Waals surface area contributed by atoms with Gasteiger partial charge in [-0.3, -0.25) is 9.59 Å². The van der Waals surface area contributed by atoms with E-state index in [9.17, 15) is 9.59 Å². The van der Waals surface area contributed by atoms with Crippen LogP contribution < -0.4 is 10.3 Å². The summed E-state index contributed by atoms with van der Waals surface area (Å²) >= 11 is 6.20. The first-order valence-corrected chi connectivity index (χ1v) is 10.4. The lowest BCUT2D eigenvalue weighted by Crippen LogP contribution is -2.50. The number of aromatic nitrogens is 2. The molecule has 4 heterocycles. The fourth-order valence-corrected chi connectivity index (χ4v) is 4.86. The molecule has 1 N–H and O–H groups in total. The number of hydrogen-bond acceptors (Lipinski definition) is 3. The molecule has 1 aromatic carbocycles. The number of carbonyl (C=O) groups excluding carboxylic acids is 1. The molecule has 6 nitrogen and oxygen atoms in total. The van der Waals surface area contributed by atoms with Gasteiger partial charge in [0, 0.05) is 50.3 Å². The number of fused-ring (bicyclic) bond motifs is 4. The molecule has 1 amide bonds. The summed E-state index contributed by atoms with van der Waals surface area (Å²) in [5.41, 5.74) is 2.87.